The van der Waals surface area contributed by atoms with Crippen molar-refractivity contribution in [2.24, 2.45) is 5.92 Å². The molecule has 0 aromatic heterocycles. The molecule has 1 nitrogen and oxygen atoms in total. The average Bonchev–Trinajstić information content (AvgIpc) is 2.50. The topological polar surface area (TPSA) is 12.0 Å². The lowest BCUT2D eigenvalue weighted by Gasteiger charge is -2.11. The van der Waals surface area contributed by atoms with Crippen LogP contribution in [0.25, 0.3) is 0 Å². The van der Waals surface area contributed by atoms with Crippen LogP contribution in [0.15, 0.2) is 18.2 Å². The first-order valence-corrected chi connectivity index (χ1v) is 5.15. The Morgan fingerprint density at radius 2 is 2.14 bits per heavy atom. The fraction of sp³-hybridized carbons (Fsp3) is 0.500. The minimum absolute atomic E-state index is 0.124. The second-order valence-corrected chi connectivity index (χ2v) is 4.36. The van der Waals surface area contributed by atoms with Crippen LogP contribution in [0.5, 0.6) is 0 Å². The van der Waals surface area contributed by atoms with E-state index in [-0.39, 0.29) is 5.82 Å². The van der Waals surface area contributed by atoms with Crippen molar-refractivity contribution in [3.8, 4) is 0 Å². The van der Waals surface area contributed by atoms with Gasteiger partial charge < -0.3 is 5.32 Å². The lowest BCUT2D eigenvalue weighted by atomic mass is 10.00. The van der Waals surface area contributed by atoms with Crippen LogP contribution in [0.1, 0.15) is 30.5 Å². The zero-order valence-corrected chi connectivity index (χ0v) is 8.68. The first-order chi connectivity index (χ1) is 6.65. The van der Waals surface area contributed by atoms with Crippen molar-refractivity contribution in [3.63, 3.8) is 0 Å². The number of nitrogens with one attached hydrogen (secondary N) is 1. The van der Waals surface area contributed by atoms with Gasteiger partial charge in [0.1, 0.15) is 5.82 Å². The Hall–Kier alpha value is -0.890. The van der Waals surface area contributed by atoms with Crippen molar-refractivity contribution in [1.29, 1.82) is 0 Å². The highest BCUT2D eigenvalue weighted by Gasteiger charge is 2.22. The highest BCUT2D eigenvalue weighted by atomic mass is 19.1. The van der Waals surface area contributed by atoms with Gasteiger partial charge in [0.2, 0.25) is 0 Å². The molecular formula is C12H16FN. The molecule has 1 heterocycles. The highest BCUT2D eigenvalue weighted by molar-refractivity contribution is 5.26. The van der Waals surface area contributed by atoms with Crippen molar-refractivity contribution in [3.05, 3.63) is 35.1 Å². The molecule has 0 saturated carbocycles. The molecule has 1 aromatic carbocycles. The zero-order valence-electron chi connectivity index (χ0n) is 8.68. The van der Waals surface area contributed by atoms with E-state index in [2.05, 4.69) is 18.3 Å². The summed E-state index contributed by atoms with van der Waals surface area (Å²) in [5.41, 5.74) is 2.09. The fourth-order valence-electron chi connectivity index (χ4n) is 2.13. The van der Waals surface area contributed by atoms with Crippen molar-refractivity contribution < 1.29 is 4.39 Å². The Labute approximate surface area is 84.3 Å². The summed E-state index contributed by atoms with van der Waals surface area (Å²) >= 11 is 0. The van der Waals surface area contributed by atoms with Gasteiger partial charge in [-0.15, -0.1) is 0 Å². The number of hydrogen-bond acceptors (Lipinski definition) is 1. The molecule has 1 aliphatic rings. The van der Waals surface area contributed by atoms with E-state index in [1.54, 1.807) is 12.1 Å². The van der Waals surface area contributed by atoms with Crippen molar-refractivity contribution in [1.82, 2.24) is 5.32 Å². The molecule has 0 unspecified atom stereocenters. The third-order valence-corrected chi connectivity index (χ3v) is 2.82. The highest BCUT2D eigenvalue weighted by Crippen LogP contribution is 2.27. The second-order valence-electron chi connectivity index (χ2n) is 4.36. The van der Waals surface area contributed by atoms with Gasteiger partial charge in [-0.2, -0.15) is 0 Å². The van der Waals surface area contributed by atoms with Gasteiger partial charge in [-0.1, -0.05) is 13.0 Å². The first kappa shape index (κ1) is 9.66. The Bertz CT molecular complexity index is 315. The third kappa shape index (κ3) is 1.95. The Morgan fingerprint density at radius 1 is 1.36 bits per heavy atom. The van der Waals surface area contributed by atoms with Crippen molar-refractivity contribution in [2.75, 3.05) is 6.54 Å². The van der Waals surface area contributed by atoms with Crippen LogP contribution in [-0.4, -0.2) is 6.54 Å². The smallest absolute Gasteiger partial charge is 0.123 e. The number of halogens is 1. The van der Waals surface area contributed by atoms with E-state index in [4.69, 9.17) is 0 Å². The van der Waals surface area contributed by atoms with Crippen LogP contribution in [0, 0.1) is 18.7 Å². The maximum absolute atomic E-state index is 13.2. The lowest BCUT2D eigenvalue weighted by molar-refractivity contribution is 0.593. The summed E-state index contributed by atoms with van der Waals surface area (Å²) in [7, 11) is 0. The van der Waals surface area contributed by atoms with Gasteiger partial charge in [0.25, 0.3) is 0 Å². The van der Waals surface area contributed by atoms with Crippen LogP contribution in [0.3, 0.4) is 0 Å². The van der Waals surface area contributed by atoms with Crippen LogP contribution < -0.4 is 5.32 Å². The molecule has 0 spiro atoms. The minimum Gasteiger partial charge on any atom is -0.310 e. The maximum atomic E-state index is 13.2. The minimum atomic E-state index is -0.124. The van der Waals surface area contributed by atoms with E-state index >= 15 is 0 Å². The average molecular weight is 193 g/mol. The van der Waals surface area contributed by atoms with Crippen molar-refractivity contribution in [2.45, 2.75) is 26.3 Å². The number of hydrogen-bond donors (Lipinski definition) is 1. The SMILES string of the molecule is Cc1cc(F)cc([C@H]2C[C@@H](C)CN2)c1. The molecule has 0 bridgehead atoms. The van der Waals surface area contributed by atoms with E-state index in [9.17, 15) is 4.39 Å². The van der Waals surface area contributed by atoms with Crippen LogP contribution in [-0.2, 0) is 0 Å². The summed E-state index contributed by atoms with van der Waals surface area (Å²) in [4.78, 5) is 0. The molecule has 2 heteroatoms. The summed E-state index contributed by atoms with van der Waals surface area (Å²) in [6.07, 6.45) is 1.11. The predicted molar refractivity (Wildman–Crippen MR) is 55.7 cm³/mol. The molecule has 1 aromatic rings. The van der Waals surface area contributed by atoms with Gasteiger partial charge in [-0.05, 0) is 49.1 Å². The molecule has 2 atom stereocenters. The molecule has 1 fully saturated rings. The molecule has 0 aliphatic carbocycles. The molecule has 0 amide bonds. The maximum Gasteiger partial charge on any atom is 0.123 e. The van der Waals surface area contributed by atoms with Gasteiger partial charge in [0.15, 0.2) is 0 Å². The van der Waals surface area contributed by atoms with Gasteiger partial charge in [-0.3, -0.25) is 0 Å². The molecule has 2 rings (SSSR count). The van der Waals surface area contributed by atoms with Gasteiger partial charge in [-0.25, -0.2) is 4.39 Å². The molecule has 1 saturated heterocycles. The number of benzene rings is 1. The van der Waals surface area contributed by atoms with Crippen LogP contribution in [0.4, 0.5) is 4.39 Å². The second kappa shape index (κ2) is 3.70. The normalized spacial score (nSPS) is 26.8. The van der Waals surface area contributed by atoms with E-state index in [1.807, 2.05) is 6.92 Å². The monoisotopic (exact) mass is 193 g/mol. The predicted octanol–water partition coefficient (Wildman–Crippen LogP) is 2.80. The van der Waals surface area contributed by atoms with Gasteiger partial charge in [0.05, 0.1) is 0 Å². The molecule has 0 radical (unpaired) electrons. The summed E-state index contributed by atoms with van der Waals surface area (Å²) in [5, 5.41) is 3.41. The Morgan fingerprint density at radius 3 is 2.71 bits per heavy atom. The largest absolute Gasteiger partial charge is 0.310 e. The fourth-order valence-corrected chi connectivity index (χ4v) is 2.13. The van der Waals surface area contributed by atoms with Gasteiger partial charge >= 0.3 is 0 Å². The van der Waals surface area contributed by atoms with E-state index in [1.165, 1.54) is 0 Å². The van der Waals surface area contributed by atoms with E-state index in [0.717, 1.165) is 24.1 Å². The summed E-state index contributed by atoms with van der Waals surface area (Å²) in [6.45, 7) is 5.20. The number of aryl methyl sites for hydroxylation is 1. The Kier molecular flexibility index (Phi) is 2.55. The molecule has 76 valence electrons. The first-order valence-electron chi connectivity index (χ1n) is 5.15. The quantitative estimate of drug-likeness (QED) is 0.723. The van der Waals surface area contributed by atoms with Gasteiger partial charge in [0, 0.05) is 6.04 Å². The standard InChI is InChI=1S/C12H16FN/c1-8-3-10(6-11(13)4-8)12-5-9(2)7-14-12/h3-4,6,9,12,14H,5,7H2,1-2H3/t9-,12-/m1/s1. The van der Waals surface area contributed by atoms with E-state index < -0.39 is 0 Å². The molecular weight excluding hydrogens is 177 g/mol. The van der Waals surface area contributed by atoms with Crippen LogP contribution >= 0.6 is 0 Å². The summed E-state index contributed by atoms with van der Waals surface area (Å²) in [5.74, 6) is 0.574. The van der Waals surface area contributed by atoms with E-state index in [0.29, 0.717) is 12.0 Å². The molecule has 1 aliphatic heterocycles. The zero-order chi connectivity index (χ0) is 10.1. The Balaban J connectivity index is 2.23. The molecule has 1 N–H and O–H groups in total. The molecule has 14 heavy (non-hydrogen) atoms. The lowest BCUT2D eigenvalue weighted by Crippen LogP contribution is -2.13. The summed E-state index contributed by atoms with van der Waals surface area (Å²) in [6, 6.07) is 5.63. The third-order valence-electron chi connectivity index (χ3n) is 2.82. The number of rotatable bonds is 1. The van der Waals surface area contributed by atoms with Crippen molar-refractivity contribution >= 4 is 0 Å². The van der Waals surface area contributed by atoms with Crippen LogP contribution in [0.2, 0.25) is 0 Å². The summed E-state index contributed by atoms with van der Waals surface area (Å²) < 4.78 is 13.2.